The Bertz CT molecular complexity index is 4290. The number of aliphatic hydroxyl groups is 8. The molecule has 8 aromatic rings. The highest BCUT2D eigenvalue weighted by molar-refractivity contribution is 7.73. The van der Waals surface area contributed by atoms with Gasteiger partial charge in [-0.15, -0.1) is 52.7 Å². The molecule has 0 amide bonds. The van der Waals surface area contributed by atoms with Crippen molar-refractivity contribution in [2.45, 2.75) is 158 Å². The molecule has 0 radical (unpaired) electrons. The second-order valence-corrected chi connectivity index (χ2v) is 46.0. The normalized spacial score (nSPS) is 27.1. The van der Waals surface area contributed by atoms with E-state index in [0.717, 1.165) is 37.6 Å². The molecule has 0 aliphatic carbocycles. The Balaban J connectivity index is 0.000000156. The van der Waals surface area contributed by atoms with Crippen LogP contribution in [-0.2, 0) is 18.9 Å². The largest absolute Gasteiger partial charge is 0.388 e. The predicted molar refractivity (Wildman–Crippen MR) is 403 cm³/mol. The number of nitrogens with zero attached hydrogens (tertiary/aromatic N) is 16. The summed E-state index contributed by atoms with van der Waals surface area (Å²) >= 11 is 0. The van der Waals surface area contributed by atoms with E-state index in [9.17, 15) is 40.9 Å². The fourth-order valence-electron chi connectivity index (χ4n) is 12.1. The summed E-state index contributed by atoms with van der Waals surface area (Å²) in [6.07, 6.45) is 20.5. The summed E-state index contributed by atoms with van der Waals surface area (Å²) in [5, 5.41) is 92.8. The average Bonchev–Trinajstić information content (AvgIpc) is 1.64. The maximum absolute atomic E-state index is 10.5. The number of aryl methyl sites for hydroxylation is 2. The van der Waals surface area contributed by atoms with E-state index in [1.165, 1.54) is 19.0 Å². The van der Waals surface area contributed by atoms with Crippen molar-refractivity contribution in [2.24, 2.45) is 0 Å². The number of nitrogens with two attached hydrogens (primary N) is 1. The van der Waals surface area contributed by atoms with E-state index < -0.39 is 126 Å². The Morgan fingerprint density at radius 2 is 0.730 bits per heavy atom. The molecule has 4 aliphatic heterocycles. The average molecular weight is 1470 g/mol. The van der Waals surface area contributed by atoms with Crippen molar-refractivity contribution in [1.29, 1.82) is 0 Å². The third kappa shape index (κ3) is 18.5. The lowest BCUT2D eigenvalue weighted by Gasteiger charge is -2.18. The Morgan fingerprint density at radius 3 is 1.06 bits per heavy atom. The molecule has 4 unspecified atom stereocenters. The van der Waals surface area contributed by atoms with Gasteiger partial charge < -0.3 is 81.5 Å². The third-order valence-electron chi connectivity index (χ3n) is 17.5. The highest BCUT2D eigenvalue weighted by Gasteiger charge is 2.48. The topological polar surface area (TPSA) is 435 Å². The first kappa shape index (κ1) is 78.3. The van der Waals surface area contributed by atoms with Crippen LogP contribution in [0.5, 0.6) is 0 Å². The van der Waals surface area contributed by atoms with Gasteiger partial charge in [0.15, 0.2) is 87.3 Å². The molecule has 12 heterocycles. The number of nitrogen functional groups attached to an aromatic ring is 1. The van der Waals surface area contributed by atoms with Crippen molar-refractivity contribution in [3.63, 3.8) is 0 Å². The first-order valence-corrected chi connectivity index (χ1v) is 45.7. The van der Waals surface area contributed by atoms with E-state index in [4.69, 9.17) is 24.7 Å². The summed E-state index contributed by atoms with van der Waals surface area (Å²) in [5.74, 6) is 3.30. The molecule has 0 spiro atoms. The van der Waals surface area contributed by atoms with Gasteiger partial charge in [0.05, 0.1) is 49.7 Å². The van der Waals surface area contributed by atoms with Gasteiger partial charge in [0.25, 0.3) is 0 Å². The molecule has 0 saturated carbocycles. The zero-order valence-corrected chi connectivity index (χ0v) is 63.1. The molecule has 8 aromatic heterocycles. The van der Waals surface area contributed by atoms with Crippen LogP contribution < -0.4 is 21.7 Å². The Labute approximate surface area is 583 Å². The van der Waals surface area contributed by atoms with Crippen molar-refractivity contribution < 1.29 is 59.8 Å². The van der Waals surface area contributed by atoms with Gasteiger partial charge in [-0.3, -0.25) is 18.3 Å². The summed E-state index contributed by atoms with van der Waals surface area (Å²) in [6.45, 7) is 21.3. The molecule has 36 heteroatoms. The zero-order chi connectivity index (χ0) is 73.1. The van der Waals surface area contributed by atoms with E-state index in [0.29, 0.717) is 106 Å². The molecule has 12 rings (SSSR count). The molecule has 16 atom stereocenters. The predicted octanol–water partition coefficient (Wildman–Crippen LogP) is 3.67. The lowest BCUT2D eigenvalue weighted by atomic mass is 10.1. The number of imidazole rings is 4. The summed E-state index contributed by atoms with van der Waals surface area (Å²) in [7, 11) is 1.77. The number of anilines is 4. The maximum atomic E-state index is 10.5. The number of fused-ring (bicyclic) bond motifs is 4. The van der Waals surface area contributed by atoms with E-state index in [1.807, 2.05) is 6.92 Å². The Morgan fingerprint density at radius 1 is 0.420 bits per heavy atom. The lowest BCUT2D eigenvalue weighted by molar-refractivity contribution is -0.0353. The molecule has 100 heavy (non-hydrogen) atoms. The van der Waals surface area contributed by atoms with Crippen LogP contribution >= 0.6 is 27.5 Å². The minimum Gasteiger partial charge on any atom is -0.388 e. The van der Waals surface area contributed by atoms with Crippen LogP contribution in [0, 0.1) is 13.8 Å². The molecule has 13 N–H and O–H groups in total. The highest BCUT2D eigenvalue weighted by atomic mass is 31.2. The van der Waals surface area contributed by atoms with Crippen molar-refractivity contribution in [3.8, 4) is 0 Å². The molecule has 0 aromatic carbocycles. The molecular weight excluding hydrogens is 1360 g/mol. The minimum atomic E-state index is -1.23. The summed E-state index contributed by atoms with van der Waals surface area (Å²) in [5.41, 5.74) is 10.4. The van der Waals surface area contributed by atoms with E-state index in [2.05, 4.69) is 161 Å². The van der Waals surface area contributed by atoms with Crippen molar-refractivity contribution in [1.82, 2.24) is 78.1 Å². The van der Waals surface area contributed by atoms with Gasteiger partial charge in [0, 0.05) is 20.1 Å². The van der Waals surface area contributed by atoms with Crippen LogP contribution in [-0.4, -0.2) is 315 Å². The number of aliphatic hydroxyl groups excluding tert-OH is 8. The monoisotopic (exact) mass is 1470 g/mol. The van der Waals surface area contributed by atoms with Crippen LogP contribution in [0.4, 0.5) is 23.3 Å². The van der Waals surface area contributed by atoms with Crippen molar-refractivity contribution in [3.05, 3.63) is 49.6 Å². The van der Waals surface area contributed by atoms with Crippen LogP contribution in [0.1, 0.15) is 82.5 Å². The second-order valence-electron chi connectivity index (χ2n) is 28.7. The van der Waals surface area contributed by atoms with Gasteiger partial charge in [-0.2, -0.15) is 0 Å². The fraction of sp³-hybridized carbons (Fsp3) is 0.625. The standard InChI is InChI=1S/C17H28N5O3P.2C16H26N5O3P.C15H24N5O3P/c1-5-7-18-15-12-16(20-9-19-15)22(10-21-12)17-14(24)13(23)11(25-17)6-8-26(2,3)4;1-9-19-14(17-2)11-15(20-9)21(8-18-11)16-13(23)12(22)10(24-16)6-7-25(3,4)5;1-5-17-14-11-15(19-8-18-14)21(9-20-11)16-13(23)12(22)10(24-16)6-7-25(2,3)4;1-8-18-13(16)10-14(19-8)20(7-17-10)15-12(22)11(21)9(23-15)5-6-24(2,3)4/h9-11,13-14,17,23-24H,2,5-8H2,1,3-4H3,(H,18,19,20);8,10,12-13,16,22-23H,3,6-7H2,1-2,4-5H3,(H,17,19,20);8-10,12-13,16,22-23H,2,5-7H2,1,3-4H3,(H,17,18,19);7,9,11-12,15,21-22H,2,5-6H2,1,3-4H3,(H2,16,18,19)/t11-,13-,14-,17?;2*10-,12-,13-,16?;9-,11-,12-,15?/m1111/s1. The number of nitrogens with one attached hydrogen (secondary N) is 3. The van der Waals surface area contributed by atoms with Gasteiger partial charge >= 0.3 is 0 Å². The summed E-state index contributed by atoms with van der Waals surface area (Å²) < 4.78 is 30.5. The van der Waals surface area contributed by atoms with Gasteiger partial charge in [-0.25, -0.2) is 59.8 Å². The number of rotatable bonds is 22. The quantitative estimate of drug-likeness (QED) is 0.0431. The van der Waals surface area contributed by atoms with Gasteiger partial charge in [0.2, 0.25) is 0 Å². The fourth-order valence-corrected chi connectivity index (χ4v) is 15.9. The maximum Gasteiger partial charge on any atom is 0.167 e. The first-order chi connectivity index (χ1) is 47.0. The zero-order valence-electron chi connectivity index (χ0n) is 59.5. The van der Waals surface area contributed by atoms with Crippen LogP contribution in [0.2, 0.25) is 0 Å². The van der Waals surface area contributed by atoms with Gasteiger partial charge in [-0.05, 0) is 131 Å². The number of ether oxygens (including phenoxy) is 4. The molecule has 4 fully saturated rings. The van der Waals surface area contributed by atoms with Gasteiger partial charge in [-0.1, -0.05) is 6.92 Å². The minimum absolute atomic E-state index is 0.282. The van der Waals surface area contributed by atoms with E-state index in [-0.39, 0.29) is 5.82 Å². The summed E-state index contributed by atoms with van der Waals surface area (Å²) in [4.78, 5) is 51.4. The lowest BCUT2D eigenvalue weighted by Crippen LogP contribution is -2.31. The number of hydrogen-bond acceptors (Lipinski definition) is 28. The van der Waals surface area contributed by atoms with Crippen molar-refractivity contribution >= 4 is 121 Å². The highest BCUT2D eigenvalue weighted by Crippen LogP contribution is 2.45. The van der Waals surface area contributed by atoms with E-state index in [1.54, 1.807) is 58.1 Å². The van der Waals surface area contributed by atoms with Crippen molar-refractivity contribution in [2.75, 3.05) is 120 Å². The number of aromatic nitrogens is 16. The van der Waals surface area contributed by atoms with Crippen LogP contribution in [0.25, 0.3) is 44.7 Å². The first-order valence-electron chi connectivity index (χ1n) is 33.5. The Kier molecular flexibility index (Phi) is 25.4. The number of hydrogen-bond donors (Lipinski definition) is 12. The summed E-state index contributed by atoms with van der Waals surface area (Å²) in [6, 6.07) is 0. The molecule has 32 nitrogen and oxygen atoms in total. The smallest absolute Gasteiger partial charge is 0.167 e. The Hall–Kier alpha value is -5.88. The second kappa shape index (κ2) is 32.4. The van der Waals surface area contributed by atoms with Crippen LogP contribution in [0.3, 0.4) is 0 Å². The molecule has 4 aliphatic rings. The molecule has 4 saturated heterocycles. The third-order valence-corrected chi connectivity index (χ3v) is 23.3. The SMILES string of the molecule is C=P(C)(C)CC[C@H]1OC(n2cnc3c(N)nc(C)nc32)[C@H](O)[C@@H]1O.C=P(C)(C)CC[C@H]1OC(n2cnc3c(NC)nc(C)nc32)[C@H](O)[C@@H]1O.C=P(C)(C)CC[C@H]1OC(n2cnc3c(NCC)ncnc32)[C@H](O)[C@@H]1O.C=P(C)(C)CC[C@H]1OC(n2cnc3c(NCCC)ncnc32)[C@H](O)[C@@H]1O. The van der Waals surface area contributed by atoms with E-state index >= 15 is 0 Å². The molecule has 0 bridgehead atoms. The van der Waals surface area contributed by atoms with Gasteiger partial charge in [0.1, 0.15) is 78.7 Å². The molecule has 552 valence electrons. The molecular formula is C64H104N20O12P4. The van der Waals surface area contributed by atoms with Crippen LogP contribution in [0.15, 0.2) is 38.0 Å².